The average Bonchev–Trinajstić information content (AvgIpc) is 3.20. The molecule has 0 bridgehead atoms. The van der Waals surface area contributed by atoms with E-state index in [0.29, 0.717) is 0 Å². The van der Waals surface area contributed by atoms with Crippen LogP contribution in [0.15, 0.2) is 56.9 Å². The average molecular weight is 337 g/mol. The van der Waals surface area contributed by atoms with Crippen LogP contribution in [0.25, 0.3) is 0 Å². The number of hydrogen-bond acceptors (Lipinski definition) is 5. The summed E-state index contributed by atoms with van der Waals surface area (Å²) < 4.78 is 34.1. The van der Waals surface area contributed by atoms with Gasteiger partial charge >= 0.3 is 0 Å². The molecular formula is C14H15N3O3S2. The number of aryl methyl sites for hydroxylation is 1. The fourth-order valence-corrected chi connectivity index (χ4v) is 3.90. The van der Waals surface area contributed by atoms with E-state index in [1.54, 1.807) is 30.7 Å². The zero-order valence-corrected chi connectivity index (χ0v) is 13.5. The molecular weight excluding hydrogens is 322 g/mol. The molecule has 0 amide bonds. The molecule has 8 heteroatoms. The van der Waals surface area contributed by atoms with E-state index in [-0.39, 0.29) is 17.4 Å². The summed E-state index contributed by atoms with van der Waals surface area (Å²) in [5.41, 5.74) is 1.02. The Morgan fingerprint density at radius 1 is 1.45 bits per heavy atom. The van der Waals surface area contributed by atoms with Crippen molar-refractivity contribution in [3.05, 3.63) is 58.9 Å². The fraction of sp³-hybridized carbons (Fsp3) is 0.214. The number of aromatic nitrogens is 2. The van der Waals surface area contributed by atoms with Gasteiger partial charge in [0.2, 0.25) is 10.0 Å². The minimum absolute atomic E-state index is 0.151. The molecule has 1 N–H and O–H groups in total. The van der Waals surface area contributed by atoms with Crippen LogP contribution in [-0.2, 0) is 17.1 Å². The van der Waals surface area contributed by atoms with Crippen LogP contribution >= 0.6 is 11.3 Å². The molecule has 6 nitrogen and oxygen atoms in total. The second-order valence-electron chi connectivity index (χ2n) is 4.83. The zero-order valence-electron chi connectivity index (χ0n) is 11.8. The van der Waals surface area contributed by atoms with Crippen LogP contribution in [0, 0.1) is 0 Å². The van der Waals surface area contributed by atoms with E-state index < -0.39 is 10.0 Å². The van der Waals surface area contributed by atoms with Crippen molar-refractivity contribution in [3.63, 3.8) is 0 Å². The van der Waals surface area contributed by atoms with Crippen LogP contribution < -0.4 is 4.72 Å². The zero-order chi connectivity index (χ0) is 15.6. The molecule has 3 rings (SSSR count). The third kappa shape index (κ3) is 3.13. The smallest absolute Gasteiger partial charge is 0.243 e. The highest BCUT2D eigenvalue weighted by Gasteiger charge is 2.22. The van der Waals surface area contributed by atoms with Crippen molar-refractivity contribution in [2.45, 2.75) is 10.8 Å². The van der Waals surface area contributed by atoms with Crippen molar-refractivity contribution >= 4 is 21.4 Å². The molecule has 3 aromatic rings. The van der Waals surface area contributed by atoms with Crippen LogP contribution in [0.2, 0.25) is 0 Å². The molecule has 0 aliphatic heterocycles. The van der Waals surface area contributed by atoms with Gasteiger partial charge in [-0.05, 0) is 34.5 Å². The van der Waals surface area contributed by atoms with Gasteiger partial charge in [0.1, 0.15) is 10.7 Å². The summed E-state index contributed by atoms with van der Waals surface area (Å²) in [5, 5.41) is 7.84. The molecule has 0 aliphatic rings. The molecule has 3 aromatic heterocycles. The van der Waals surface area contributed by atoms with Gasteiger partial charge in [-0.15, -0.1) is 0 Å². The maximum absolute atomic E-state index is 12.3. The summed E-state index contributed by atoms with van der Waals surface area (Å²) in [6, 6.07) is 5.61. The van der Waals surface area contributed by atoms with Gasteiger partial charge in [0.15, 0.2) is 0 Å². The lowest BCUT2D eigenvalue weighted by Crippen LogP contribution is -2.28. The number of rotatable bonds is 6. The molecule has 0 aliphatic carbocycles. The first-order valence-electron chi connectivity index (χ1n) is 6.60. The number of nitrogens with zero attached hydrogens (tertiary/aromatic N) is 2. The maximum atomic E-state index is 12.3. The summed E-state index contributed by atoms with van der Waals surface area (Å²) in [4.78, 5) is 0.151. The summed E-state index contributed by atoms with van der Waals surface area (Å²) in [6.07, 6.45) is 4.38. The van der Waals surface area contributed by atoms with Crippen LogP contribution in [-0.4, -0.2) is 24.7 Å². The number of sulfonamides is 1. The monoisotopic (exact) mass is 337 g/mol. The molecule has 22 heavy (non-hydrogen) atoms. The van der Waals surface area contributed by atoms with E-state index in [1.807, 2.05) is 22.9 Å². The summed E-state index contributed by atoms with van der Waals surface area (Å²) in [7, 11) is -1.91. The van der Waals surface area contributed by atoms with Crippen molar-refractivity contribution in [2.24, 2.45) is 7.05 Å². The standard InChI is InChI=1S/C14H15N3O3S2/c1-17-9-12(7-15-17)22(18,19)16-8-13(11-4-6-21-10-11)14-3-2-5-20-14/h2-7,9-10,13,16H,8H2,1H3. The summed E-state index contributed by atoms with van der Waals surface area (Å²) in [5.74, 6) is 0.569. The van der Waals surface area contributed by atoms with E-state index in [9.17, 15) is 8.42 Å². The Hall–Kier alpha value is -1.90. The normalized spacial score (nSPS) is 13.3. The van der Waals surface area contributed by atoms with E-state index in [0.717, 1.165) is 11.3 Å². The second-order valence-corrected chi connectivity index (χ2v) is 7.37. The Morgan fingerprint density at radius 3 is 2.91 bits per heavy atom. The van der Waals surface area contributed by atoms with E-state index >= 15 is 0 Å². The SMILES string of the molecule is Cn1cc(S(=O)(=O)NCC(c2ccsc2)c2ccco2)cn1. The molecule has 0 spiro atoms. The predicted octanol–water partition coefficient (Wildman–Crippen LogP) is 2.18. The molecule has 0 saturated carbocycles. The highest BCUT2D eigenvalue weighted by Crippen LogP contribution is 2.26. The van der Waals surface area contributed by atoms with Crippen molar-refractivity contribution in [1.82, 2.24) is 14.5 Å². The van der Waals surface area contributed by atoms with E-state index in [2.05, 4.69) is 9.82 Å². The molecule has 3 heterocycles. The Bertz CT molecular complexity index is 786. The minimum Gasteiger partial charge on any atom is -0.469 e. The van der Waals surface area contributed by atoms with Crippen molar-refractivity contribution in [3.8, 4) is 0 Å². The third-order valence-electron chi connectivity index (χ3n) is 3.30. The van der Waals surface area contributed by atoms with Gasteiger partial charge in [0, 0.05) is 19.8 Å². The van der Waals surface area contributed by atoms with Crippen LogP contribution in [0.3, 0.4) is 0 Å². The number of thiophene rings is 1. The second kappa shape index (κ2) is 6.07. The molecule has 1 atom stereocenters. The van der Waals surface area contributed by atoms with Crippen LogP contribution in [0.1, 0.15) is 17.2 Å². The number of furan rings is 1. The largest absolute Gasteiger partial charge is 0.469 e. The lowest BCUT2D eigenvalue weighted by atomic mass is 10.00. The van der Waals surface area contributed by atoms with Gasteiger partial charge < -0.3 is 4.42 Å². The lowest BCUT2D eigenvalue weighted by Gasteiger charge is -2.14. The molecule has 1 unspecified atom stereocenters. The maximum Gasteiger partial charge on any atom is 0.243 e. The first-order valence-corrected chi connectivity index (χ1v) is 9.02. The Morgan fingerprint density at radius 2 is 2.32 bits per heavy atom. The summed E-state index contributed by atoms with van der Waals surface area (Å²) in [6.45, 7) is 0.224. The van der Waals surface area contributed by atoms with E-state index in [1.165, 1.54) is 17.1 Å². The van der Waals surface area contributed by atoms with Crippen LogP contribution in [0.5, 0.6) is 0 Å². The van der Waals surface area contributed by atoms with Gasteiger partial charge in [-0.3, -0.25) is 4.68 Å². The van der Waals surface area contributed by atoms with Crippen molar-refractivity contribution < 1.29 is 12.8 Å². The van der Waals surface area contributed by atoms with E-state index in [4.69, 9.17) is 4.42 Å². The highest BCUT2D eigenvalue weighted by molar-refractivity contribution is 7.89. The van der Waals surface area contributed by atoms with Gasteiger partial charge in [0.25, 0.3) is 0 Å². The molecule has 0 saturated heterocycles. The quantitative estimate of drug-likeness (QED) is 0.748. The minimum atomic E-state index is -3.59. The Kier molecular flexibility index (Phi) is 4.14. The fourth-order valence-electron chi connectivity index (χ4n) is 2.16. The molecule has 116 valence electrons. The predicted molar refractivity (Wildman–Crippen MR) is 83.3 cm³/mol. The summed E-state index contributed by atoms with van der Waals surface area (Å²) >= 11 is 1.57. The van der Waals surface area contributed by atoms with Crippen LogP contribution in [0.4, 0.5) is 0 Å². The van der Waals surface area contributed by atoms with Gasteiger partial charge in [-0.2, -0.15) is 16.4 Å². The highest BCUT2D eigenvalue weighted by atomic mass is 32.2. The molecule has 0 radical (unpaired) electrons. The number of nitrogens with one attached hydrogen (secondary N) is 1. The molecule has 0 fully saturated rings. The Balaban J connectivity index is 1.80. The first-order chi connectivity index (χ1) is 10.6. The lowest BCUT2D eigenvalue weighted by molar-refractivity contribution is 0.481. The first kappa shape index (κ1) is 15.0. The Labute approximate surface area is 132 Å². The van der Waals surface area contributed by atoms with Crippen molar-refractivity contribution in [2.75, 3.05) is 6.54 Å². The number of hydrogen-bond donors (Lipinski definition) is 1. The van der Waals surface area contributed by atoms with Crippen molar-refractivity contribution in [1.29, 1.82) is 0 Å². The molecule has 0 aromatic carbocycles. The van der Waals surface area contributed by atoms with Gasteiger partial charge in [0.05, 0.1) is 18.4 Å². The van der Waals surface area contributed by atoms with Gasteiger partial charge in [-0.1, -0.05) is 0 Å². The third-order valence-corrected chi connectivity index (χ3v) is 5.38. The topological polar surface area (TPSA) is 77.1 Å². The van der Waals surface area contributed by atoms with Gasteiger partial charge in [-0.25, -0.2) is 13.1 Å².